The summed E-state index contributed by atoms with van der Waals surface area (Å²) in [5.41, 5.74) is 5.70. The molecule has 1 atom stereocenters. The molecule has 0 aliphatic carbocycles. The van der Waals surface area contributed by atoms with Crippen molar-refractivity contribution in [2.45, 2.75) is 44.8 Å². The van der Waals surface area contributed by atoms with Crippen molar-refractivity contribution in [2.24, 2.45) is 7.05 Å². The smallest absolute Gasteiger partial charge is 0.176 e. The Balaban J connectivity index is 1.26. The van der Waals surface area contributed by atoms with E-state index in [0.29, 0.717) is 12.0 Å². The fraction of sp³-hybridized carbons (Fsp3) is 0.476. The van der Waals surface area contributed by atoms with Crippen molar-refractivity contribution in [1.29, 1.82) is 0 Å². The normalized spacial score (nSPS) is 20.7. The molecule has 6 heteroatoms. The summed E-state index contributed by atoms with van der Waals surface area (Å²) >= 11 is 0. The average Bonchev–Trinajstić information content (AvgIpc) is 3.22. The molecule has 1 fully saturated rings. The molecule has 0 radical (unpaired) electrons. The Morgan fingerprint density at radius 3 is 2.81 bits per heavy atom. The molecule has 1 aromatic carbocycles. The zero-order valence-electron chi connectivity index (χ0n) is 15.9. The summed E-state index contributed by atoms with van der Waals surface area (Å²) in [6.07, 6.45) is 7.07. The number of ether oxygens (including phenoxy) is 1. The van der Waals surface area contributed by atoms with Gasteiger partial charge < -0.3 is 4.74 Å². The fourth-order valence-corrected chi connectivity index (χ4v) is 4.48. The predicted octanol–water partition coefficient (Wildman–Crippen LogP) is 3.07. The van der Waals surface area contributed by atoms with Crippen molar-refractivity contribution in [3.63, 3.8) is 0 Å². The van der Waals surface area contributed by atoms with Gasteiger partial charge in [0.25, 0.3) is 0 Å². The zero-order chi connectivity index (χ0) is 18.4. The molecule has 5 rings (SSSR count). The lowest BCUT2D eigenvalue weighted by atomic mass is 9.92. The van der Waals surface area contributed by atoms with Gasteiger partial charge in [-0.05, 0) is 50.0 Å². The molecule has 3 aromatic rings. The Labute approximate surface area is 159 Å². The summed E-state index contributed by atoms with van der Waals surface area (Å²) in [5.74, 6) is 1.53. The Morgan fingerprint density at radius 1 is 1.15 bits per heavy atom. The van der Waals surface area contributed by atoms with E-state index in [0.717, 1.165) is 61.5 Å². The van der Waals surface area contributed by atoms with Crippen LogP contribution in [0.3, 0.4) is 0 Å². The highest BCUT2D eigenvalue weighted by Crippen LogP contribution is 2.33. The third kappa shape index (κ3) is 3.08. The van der Waals surface area contributed by atoms with Gasteiger partial charge in [0.1, 0.15) is 17.4 Å². The molecule has 2 aliphatic rings. The van der Waals surface area contributed by atoms with E-state index < -0.39 is 0 Å². The van der Waals surface area contributed by atoms with Gasteiger partial charge in [-0.25, -0.2) is 14.6 Å². The first-order valence-electron chi connectivity index (χ1n) is 9.82. The summed E-state index contributed by atoms with van der Waals surface area (Å²) in [7, 11) is 1.95. The number of nitrogens with zero attached hydrogens (tertiary/aromatic N) is 5. The molecule has 0 spiro atoms. The predicted molar refractivity (Wildman–Crippen MR) is 104 cm³/mol. The third-order valence-electron chi connectivity index (χ3n) is 5.83. The Morgan fingerprint density at radius 2 is 1.96 bits per heavy atom. The summed E-state index contributed by atoms with van der Waals surface area (Å²) < 4.78 is 7.68. The Kier molecular flexibility index (Phi) is 4.08. The van der Waals surface area contributed by atoms with Gasteiger partial charge in [0.15, 0.2) is 5.65 Å². The number of hydrogen-bond acceptors (Lipinski definition) is 5. The fourth-order valence-electron chi connectivity index (χ4n) is 4.48. The molecule has 0 amide bonds. The van der Waals surface area contributed by atoms with Gasteiger partial charge in [0, 0.05) is 38.3 Å². The first-order chi connectivity index (χ1) is 13.2. The Hall–Kier alpha value is -2.47. The van der Waals surface area contributed by atoms with E-state index in [4.69, 9.17) is 9.84 Å². The van der Waals surface area contributed by atoms with Gasteiger partial charge in [-0.3, -0.25) is 4.90 Å². The van der Waals surface area contributed by atoms with Gasteiger partial charge in [-0.2, -0.15) is 5.10 Å². The van der Waals surface area contributed by atoms with Crippen molar-refractivity contribution >= 4 is 11.2 Å². The van der Waals surface area contributed by atoms with Gasteiger partial charge >= 0.3 is 0 Å². The van der Waals surface area contributed by atoms with Gasteiger partial charge in [0.05, 0.1) is 5.69 Å². The van der Waals surface area contributed by atoms with E-state index in [2.05, 4.69) is 40.0 Å². The number of aryl methyl sites for hydroxylation is 1. The van der Waals surface area contributed by atoms with Crippen molar-refractivity contribution in [3.8, 4) is 5.75 Å². The molecule has 2 aliphatic heterocycles. The van der Waals surface area contributed by atoms with Crippen molar-refractivity contribution in [3.05, 3.63) is 47.4 Å². The second-order valence-corrected chi connectivity index (χ2v) is 7.86. The molecule has 1 saturated heterocycles. The summed E-state index contributed by atoms with van der Waals surface area (Å²) in [6, 6.07) is 6.68. The standard InChI is InChI=1S/C21H25N5O/c1-14-11-17-12-15(3-4-18(17)27-14)13-26-9-5-16(6-10-26)19-20-21(25(2)24-19)23-8-7-22-20/h3-4,7-8,12,14,16H,5-6,9-11,13H2,1-2H3/t14-/m1/s1. The number of piperidine rings is 1. The minimum atomic E-state index is 0.308. The zero-order valence-corrected chi connectivity index (χ0v) is 15.9. The lowest BCUT2D eigenvalue weighted by molar-refractivity contribution is 0.203. The van der Waals surface area contributed by atoms with Crippen LogP contribution in [0.1, 0.15) is 42.5 Å². The molecular weight excluding hydrogens is 338 g/mol. The summed E-state index contributed by atoms with van der Waals surface area (Å²) in [6.45, 7) is 5.33. The second-order valence-electron chi connectivity index (χ2n) is 7.86. The van der Waals surface area contributed by atoms with Crippen molar-refractivity contribution in [2.75, 3.05) is 13.1 Å². The molecule has 6 nitrogen and oxygen atoms in total. The van der Waals surface area contributed by atoms with Crippen molar-refractivity contribution in [1.82, 2.24) is 24.6 Å². The summed E-state index contributed by atoms with van der Waals surface area (Å²) in [5, 5.41) is 4.73. The van der Waals surface area contributed by atoms with Gasteiger partial charge in [-0.15, -0.1) is 0 Å². The van der Waals surface area contributed by atoms with E-state index in [1.54, 1.807) is 12.4 Å². The molecule has 0 unspecified atom stereocenters. The lowest BCUT2D eigenvalue weighted by Gasteiger charge is -2.31. The largest absolute Gasteiger partial charge is 0.490 e. The van der Waals surface area contributed by atoms with Crippen LogP contribution in [-0.2, 0) is 20.0 Å². The maximum atomic E-state index is 5.82. The van der Waals surface area contributed by atoms with Crippen LogP contribution in [0.2, 0.25) is 0 Å². The first kappa shape index (κ1) is 16.7. The minimum absolute atomic E-state index is 0.308. The monoisotopic (exact) mass is 363 g/mol. The van der Waals surface area contributed by atoms with Crippen LogP contribution in [-0.4, -0.2) is 43.8 Å². The molecule has 0 bridgehead atoms. The number of aromatic nitrogens is 4. The molecule has 27 heavy (non-hydrogen) atoms. The van der Waals surface area contributed by atoms with Gasteiger partial charge in [0.2, 0.25) is 0 Å². The van der Waals surface area contributed by atoms with Crippen molar-refractivity contribution < 1.29 is 4.74 Å². The topological polar surface area (TPSA) is 56.1 Å². The van der Waals surface area contributed by atoms with E-state index in [1.165, 1.54) is 11.1 Å². The lowest BCUT2D eigenvalue weighted by Crippen LogP contribution is -2.32. The van der Waals surface area contributed by atoms with E-state index in [-0.39, 0.29) is 0 Å². The Bertz CT molecular complexity index is 974. The minimum Gasteiger partial charge on any atom is -0.490 e. The van der Waals surface area contributed by atoms with Crippen LogP contribution in [0.25, 0.3) is 11.2 Å². The highest BCUT2D eigenvalue weighted by atomic mass is 16.5. The number of hydrogen-bond donors (Lipinski definition) is 0. The summed E-state index contributed by atoms with van der Waals surface area (Å²) in [4.78, 5) is 11.5. The molecular formula is C21H25N5O. The van der Waals surface area contributed by atoms with Crippen LogP contribution in [0.15, 0.2) is 30.6 Å². The number of likely N-dealkylation sites (tertiary alicyclic amines) is 1. The third-order valence-corrected chi connectivity index (χ3v) is 5.83. The molecule has 2 aromatic heterocycles. The maximum absolute atomic E-state index is 5.82. The average molecular weight is 363 g/mol. The van der Waals surface area contributed by atoms with Crippen LogP contribution in [0, 0.1) is 0 Å². The maximum Gasteiger partial charge on any atom is 0.176 e. The highest BCUT2D eigenvalue weighted by molar-refractivity contribution is 5.73. The molecule has 0 N–H and O–H groups in total. The quantitative estimate of drug-likeness (QED) is 0.716. The van der Waals surface area contributed by atoms with Gasteiger partial charge in [-0.1, -0.05) is 12.1 Å². The highest BCUT2D eigenvalue weighted by Gasteiger charge is 2.26. The molecule has 4 heterocycles. The van der Waals surface area contributed by atoms with Crippen LogP contribution in [0.4, 0.5) is 0 Å². The SMILES string of the molecule is C[C@@H]1Cc2cc(CN3CCC(c4nn(C)c5nccnc45)CC3)ccc2O1. The van der Waals surface area contributed by atoms with Crippen LogP contribution < -0.4 is 4.74 Å². The number of rotatable bonds is 3. The van der Waals surface area contributed by atoms with E-state index in [1.807, 2.05) is 11.7 Å². The molecule has 0 saturated carbocycles. The number of fused-ring (bicyclic) bond motifs is 2. The van der Waals surface area contributed by atoms with E-state index in [9.17, 15) is 0 Å². The van der Waals surface area contributed by atoms with Crippen LogP contribution >= 0.6 is 0 Å². The molecule has 140 valence electrons. The first-order valence-corrected chi connectivity index (χ1v) is 9.82. The van der Waals surface area contributed by atoms with E-state index >= 15 is 0 Å². The number of benzene rings is 1. The van der Waals surface area contributed by atoms with Crippen LogP contribution in [0.5, 0.6) is 5.75 Å². The second kappa shape index (κ2) is 6.60.